The van der Waals surface area contributed by atoms with E-state index in [4.69, 9.17) is 10.8 Å². The maximum Gasteiger partial charge on any atom is 0.320 e. The second-order valence-electron chi connectivity index (χ2n) is 4.45. The van der Waals surface area contributed by atoms with Crippen molar-refractivity contribution in [2.75, 3.05) is 0 Å². The number of aliphatic carboxylic acids is 1. The van der Waals surface area contributed by atoms with Gasteiger partial charge >= 0.3 is 5.97 Å². The van der Waals surface area contributed by atoms with Crippen LogP contribution in [0.2, 0.25) is 0 Å². The molecule has 1 saturated carbocycles. The van der Waals surface area contributed by atoms with E-state index in [1.54, 1.807) is 0 Å². The zero-order valence-electron chi connectivity index (χ0n) is 8.99. The van der Waals surface area contributed by atoms with Crippen LogP contribution in [0.25, 0.3) is 0 Å². The Hall–Kier alpha value is -0.640. The van der Waals surface area contributed by atoms with E-state index in [-0.39, 0.29) is 12.3 Å². The van der Waals surface area contributed by atoms with Gasteiger partial charge in [-0.05, 0) is 18.8 Å². The molecule has 0 aliphatic heterocycles. The van der Waals surface area contributed by atoms with E-state index in [2.05, 4.69) is 0 Å². The van der Waals surface area contributed by atoms with Crippen LogP contribution in [0.5, 0.6) is 0 Å². The molecular weight excluding hydrogens is 197 g/mol. The predicted octanol–water partition coefficient (Wildman–Crippen LogP) is 2.10. The van der Waals surface area contributed by atoms with Crippen LogP contribution in [0.4, 0.5) is 4.39 Å². The highest BCUT2D eigenvalue weighted by molar-refractivity contribution is 5.73. The Morgan fingerprint density at radius 3 is 2.33 bits per heavy atom. The second-order valence-corrected chi connectivity index (χ2v) is 4.45. The van der Waals surface area contributed by atoms with Crippen LogP contribution in [0.15, 0.2) is 0 Å². The van der Waals surface area contributed by atoms with Gasteiger partial charge in [0.05, 0.1) is 0 Å². The van der Waals surface area contributed by atoms with Gasteiger partial charge in [0.1, 0.15) is 12.2 Å². The van der Waals surface area contributed by atoms with Gasteiger partial charge in [-0.1, -0.05) is 25.7 Å². The molecule has 3 N–H and O–H groups in total. The number of halogens is 1. The van der Waals surface area contributed by atoms with Crippen molar-refractivity contribution in [3.63, 3.8) is 0 Å². The fourth-order valence-electron chi connectivity index (χ4n) is 2.21. The first kappa shape index (κ1) is 12.4. The molecule has 0 saturated heterocycles. The van der Waals surface area contributed by atoms with Crippen LogP contribution in [-0.4, -0.2) is 23.3 Å². The van der Waals surface area contributed by atoms with Gasteiger partial charge in [-0.15, -0.1) is 0 Å². The third kappa shape index (κ3) is 4.16. The molecule has 0 heterocycles. The van der Waals surface area contributed by atoms with E-state index in [1.165, 1.54) is 12.8 Å². The van der Waals surface area contributed by atoms with Gasteiger partial charge in [-0.25, -0.2) is 4.39 Å². The molecule has 4 heteroatoms. The second kappa shape index (κ2) is 6.05. The van der Waals surface area contributed by atoms with Gasteiger partial charge in [0.25, 0.3) is 0 Å². The summed E-state index contributed by atoms with van der Waals surface area (Å²) in [7, 11) is 0. The monoisotopic (exact) mass is 217 g/mol. The van der Waals surface area contributed by atoms with Crippen molar-refractivity contribution in [1.82, 2.24) is 0 Å². The number of carboxylic acids is 1. The molecule has 0 bridgehead atoms. The number of alkyl halides is 1. The number of rotatable bonds is 4. The Morgan fingerprint density at radius 1 is 1.33 bits per heavy atom. The third-order valence-electron chi connectivity index (χ3n) is 3.21. The minimum absolute atomic E-state index is 0.0258. The molecule has 0 radical (unpaired) electrons. The van der Waals surface area contributed by atoms with Crippen molar-refractivity contribution >= 4 is 5.97 Å². The van der Waals surface area contributed by atoms with Crippen LogP contribution in [0.3, 0.4) is 0 Å². The fraction of sp³-hybridized carbons (Fsp3) is 0.909. The molecular formula is C11H20FNO2. The molecule has 0 aromatic carbocycles. The van der Waals surface area contributed by atoms with Crippen LogP contribution < -0.4 is 5.73 Å². The number of carboxylic acid groups (broad SMARTS) is 1. The minimum atomic E-state index is -1.11. The van der Waals surface area contributed by atoms with Crippen molar-refractivity contribution in [2.45, 2.75) is 57.2 Å². The van der Waals surface area contributed by atoms with E-state index in [0.717, 1.165) is 25.7 Å². The molecule has 2 unspecified atom stereocenters. The van der Waals surface area contributed by atoms with Gasteiger partial charge in [0, 0.05) is 6.42 Å². The van der Waals surface area contributed by atoms with E-state index in [0.29, 0.717) is 0 Å². The van der Waals surface area contributed by atoms with Gasteiger partial charge in [-0.3, -0.25) is 4.79 Å². The summed E-state index contributed by atoms with van der Waals surface area (Å²) in [6.07, 6.45) is 5.15. The first-order valence-electron chi connectivity index (χ1n) is 5.73. The van der Waals surface area contributed by atoms with Gasteiger partial charge in [0.15, 0.2) is 0 Å². The Bertz CT molecular complexity index is 203. The Balaban J connectivity index is 2.37. The quantitative estimate of drug-likeness (QED) is 0.709. The number of hydrogen-bond acceptors (Lipinski definition) is 2. The highest BCUT2D eigenvalue weighted by atomic mass is 19.1. The minimum Gasteiger partial charge on any atom is -0.480 e. The van der Waals surface area contributed by atoms with E-state index < -0.39 is 18.2 Å². The highest BCUT2D eigenvalue weighted by Crippen LogP contribution is 2.28. The lowest BCUT2D eigenvalue weighted by atomic mass is 9.91. The predicted molar refractivity (Wildman–Crippen MR) is 56.3 cm³/mol. The summed E-state index contributed by atoms with van der Waals surface area (Å²) in [6.45, 7) is 0. The highest BCUT2D eigenvalue weighted by Gasteiger charge is 2.26. The molecule has 0 amide bonds. The summed E-state index contributed by atoms with van der Waals surface area (Å²) in [4.78, 5) is 10.5. The molecule has 1 aliphatic rings. The summed E-state index contributed by atoms with van der Waals surface area (Å²) in [5, 5.41) is 8.59. The van der Waals surface area contributed by atoms with Crippen molar-refractivity contribution in [2.24, 2.45) is 11.7 Å². The topological polar surface area (TPSA) is 63.3 Å². The van der Waals surface area contributed by atoms with Crippen molar-refractivity contribution in [3.8, 4) is 0 Å². The Morgan fingerprint density at radius 2 is 1.87 bits per heavy atom. The maximum absolute atomic E-state index is 13.7. The van der Waals surface area contributed by atoms with Gasteiger partial charge < -0.3 is 10.8 Å². The fourth-order valence-corrected chi connectivity index (χ4v) is 2.21. The lowest BCUT2D eigenvalue weighted by Gasteiger charge is -2.20. The zero-order chi connectivity index (χ0) is 11.3. The average Bonchev–Trinajstić information content (AvgIpc) is 2.45. The molecule has 0 aromatic heterocycles. The first-order chi connectivity index (χ1) is 7.11. The lowest BCUT2D eigenvalue weighted by molar-refractivity contribution is -0.139. The normalized spacial score (nSPS) is 23.1. The summed E-state index contributed by atoms with van der Waals surface area (Å²) in [5.74, 6) is -1.08. The van der Waals surface area contributed by atoms with E-state index in [1.807, 2.05) is 0 Å². The zero-order valence-corrected chi connectivity index (χ0v) is 8.99. The molecule has 3 nitrogen and oxygen atoms in total. The van der Waals surface area contributed by atoms with Gasteiger partial charge in [0.2, 0.25) is 0 Å². The Kier molecular flexibility index (Phi) is 5.02. The summed E-state index contributed by atoms with van der Waals surface area (Å²) in [5.41, 5.74) is 5.32. The summed E-state index contributed by atoms with van der Waals surface area (Å²) >= 11 is 0. The van der Waals surface area contributed by atoms with Crippen LogP contribution >= 0.6 is 0 Å². The SMILES string of the molecule is NC(CC(F)C1CCCCCC1)C(=O)O. The van der Waals surface area contributed by atoms with Crippen molar-refractivity contribution in [3.05, 3.63) is 0 Å². The van der Waals surface area contributed by atoms with Crippen LogP contribution in [0, 0.1) is 5.92 Å². The third-order valence-corrected chi connectivity index (χ3v) is 3.21. The van der Waals surface area contributed by atoms with Crippen molar-refractivity contribution in [1.29, 1.82) is 0 Å². The molecule has 1 rings (SSSR count). The molecule has 0 aromatic rings. The molecule has 2 atom stereocenters. The molecule has 1 fully saturated rings. The van der Waals surface area contributed by atoms with Crippen molar-refractivity contribution < 1.29 is 14.3 Å². The molecule has 15 heavy (non-hydrogen) atoms. The summed E-state index contributed by atoms with van der Waals surface area (Å²) in [6, 6.07) is -1.05. The number of hydrogen-bond donors (Lipinski definition) is 2. The van der Waals surface area contributed by atoms with Crippen LogP contribution in [-0.2, 0) is 4.79 Å². The molecule has 88 valence electrons. The van der Waals surface area contributed by atoms with Gasteiger partial charge in [-0.2, -0.15) is 0 Å². The van der Waals surface area contributed by atoms with E-state index >= 15 is 0 Å². The Labute approximate surface area is 89.8 Å². The smallest absolute Gasteiger partial charge is 0.320 e. The largest absolute Gasteiger partial charge is 0.480 e. The maximum atomic E-state index is 13.7. The standard InChI is InChI=1S/C11H20FNO2/c12-9(7-10(13)11(14)15)8-5-3-1-2-4-6-8/h8-10H,1-7,13H2,(H,14,15). The average molecular weight is 217 g/mol. The summed E-state index contributed by atoms with van der Waals surface area (Å²) < 4.78 is 13.7. The first-order valence-corrected chi connectivity index (χ1v) is 5.73. The van der Waals surface area contributed by atoms with E-state index in [9.17, 15) is 9.18 Å². The molecule has 1 aliphatic carbocycles. The number of nitrogens with two attached hydrogens (primary N) is 1. The molecule has 0 spiro atoms. The van der Waals surface area contributed by atoms with Crippen LogP contribution in [0.1, 0.15) is 44.9 Å². The number of carbonyl (C=O) groups is 1. The lowest BCUT2D eigenvalue weighted by Crippen LogP contribution is -2.35.